The monoisotopic (exact) mass is 315 g/mol. The van der Waals surface area contributed by atoms with Crippen LogP contribution in [0.3, 0.4) is 0 Å². The largest absolute Gasteiger partial charge is 0.354 e. The van der Waals surface area contributed by atoms with Gasteiger partial charge >= 0.3 is 0 Å². The van der Waals surface area contributed by atoms with Crippen LogP contribution in [0.2, 0.25) is 0 Å². The molecule has 1 aromatic carbocycles. The number of hydrogen-bond donors (Lipinski definition) is 1. The standard InChI is InChI=1S/C13H18BrNO3/c1-8-10(6-5-7-11(8)14)12(16)15-9(2)13(17-3)18-4/h5-7,9,13H,1-4H3,(H,15,16). The molecule has 0 radical (unpaired) electrons. The summed E-state index contributed by atoms with van der Waals surface area (Å²) in [7, 11) is 3.09. The Morgan fingerprint density at radius 2 is 1.94 bits per heavy atom. The third kappa shape index (κ3) is 3.54. The fourth-order valence-corrected chi connectivity index (χ4v) is 2.08. The van der Waals surface area contributed by atoms with E-state index < -0.39 is 6.29 Å². The van der Waals surface area contributed by atoms with Gasteiger partial charge in [0.15, 0.2) is 6.29 Å². The van der Waals surface area contributed by atoms with E-state index >= 15 is 0 Å². The molecule has 0 heterocycles. The molecule has 0 aliphatic heterocycles. The van der Waals surface area contributed by atoms with Crippen molar-refractivity contribution in [2.75, 3.05) is 14.2 Å². The lowest BCUT2D eigenvalue weighted by Gasteiger charge is -2.22. The summed E-state index contributed by atoms with van der Waals surface area (Å²) in [6.07, 6.45) is -0.457. The van der Waals surface area contributed by atoms with E-state index in [0.29, 0.717) is 5.56 Å². The van der Waals surface area contributed by atoms with Crippen LogP contribution in [0.5, 0.6) is 0 Å². The molecule has 0 aliphatic carbocycles. The number of carbonyl (C=O) groups is 1. The van der Waals surface area contributed by atoms with Crippen molar-refractivity contribution >= 4 is 21.8 Å². The predicted octanol–water partition coefficient (Wildman–Crippen LogP) is 2.49. The highest BCUT2D eigenvalue weighted by Crippen LogP contribution is 2.19. The quantitative estimate of drug-likeness (QED) is 0.849. The minimum atomic E-state index is -0.457. The number of carbonyl (C=O) groups excluding carboxylic acids is 1. The lowest BCUT2D eigenvalue weighted by molar-refractivity contribution is -0.117. The fourth-order valence-electron chi connectivity index (χ4n) is 1.71. The summed E-state index contributed by atoms with van der Waals surface area (Å²) in [5.74, 6) is -0.139. The molecule has 1 unspecified atom stereocenters. The molecular weight excluding hydrogens is 298 g/mol. The van der Waals surface area contributed by atoms with Crippen molar-refractivity contribution in [2.45, 2.75) is 26.2 Å². The molecule has 1 atom stereocenters. The third-order valence-electron chi connectivity index (χ3n) is 2.74. The molecule has 1 N–H and O–H groups in total. The second-order valence-corrected chi connectivity index (χ2v) is 4.87. The van der Waals surface area contributed by atoms with Gasteiger partial charge in [-0.1, -0.05) is 22.0 Å². The Hall–Kier alpha value is -0.910. The van der Waals surface area contributed by atoms with Crippen molar-refractivity contribution in [3.63, 3.8) is 0 Å². The second kappa shape index (κ2) is 6.87. The maximum absolute atomic E-state index is 12.1. The Kier molecular flexibility index (Phi) is 5.78. The van der Waals surface area contributed by atoms with Crippen molar-refractivity contribution in [3.05, 3.63) is 33.8 Å². The summed E-state index contributed by atoms with van der Waals surface area (Å²) >= 11 is 3.41. The van der Waals surface area contributed by atoms with E-state index in [1.165, 1.54) is 0 Å². The van der Waals surface area contributed by atoms with Gasteiger partial charge in [0.25, 0.3) is 5.91 Å². The zero-order chi connectivity index (χ0) is 13.7. The van der Waals surface area contributed by atoms with E-state index in [2.05, 4.69) is 21.2 Å². The summed E-state index contributed by atoms with van der Waals surface area (Å²) < 4.78 is 11.1. The van der Waals surface area contributed by atoms with Crippen LogP contribution in [0.1, 0.15) is 22.8 Å². The van der Waals surface area contributed by atoms with Crippen LogP contribution in [0.25, 0.3) is 0 Å². The van der Waals surface area contributed by atoms with Crippen molar-refractivity contribution in [2.24, 2.45) is 0 Å². The molecule has 1 amide bonds. The van der Waals surface area contributed by atoms with Crippen LogP contribution < -0.4 is 5.32 Å². The number of hydrogen-bond acceptors (Lipinski definition) is 3. The number of ether oxygens (including phenoxy) is 2. The Morgan fingerprint density at radius 1 is 1.33 bits per heavy atom. The Labute approximate surface area is 116 Å². The van der Waals surface area contributed by atoms with Gasteiger partial charge in [0.05, 0.1) is 6.04 Å². The van der Waals surface area contributed by atoms with Crippen molar-refractivity contribution < 1.29 is 14.3 Å². The summed E-state index contributed by atoms with van der Waals surface area (Å²) in [6.45, 7) is 3.73. The second-order valence-electron chi connectivity index (χ2n) is 4.01. The van der Waals surface area contributed by atoms with Crippen LogP contribution in [0.4, 0.5) is 0 Å². The summed E-state index contributed by atoms with van der Waals surface area (Å²) in [5, 5.41) is 2.86. The molecule has 0 fully saturated rings. The summed E-state index contributed by atoms with van der Waals surface area (Å²) in [6, 6.07) is 5.30. The Balaban J connectivity index is 2.79. The van der Waals surface area contributed by atoms with E-state index in [4.69, 9.17) is 9.47 Å². The molecule has 5 heteroatoms. The van der Waals surface area contributed by atoms with Crippen molar-refractivity contribution in [1.82, 2.24) is 5.32 Å². The third-order valence-corrected chi connectivity index (χ3v) is 3.60. The van der Waals surface area contributed by atoms with Crippen molar-refractivity contribution in [1.29, 1.82) is 0 Å². The first-order valence-electron chi connectivity index (χ1n) is 5.62. The van der Waals surface area contributed by atoms with Crippen LogP contribution in [-0.4, -0.2) is 32.5 Å². The van der Waals surface area contributed by atoms with Gasteiger partial charge in [0, 0.05) is 24.3 Å². The minimum absolute atomic E-state index is 0.139. The SMILES string of the molecule is COC(OC)C(C)NC(=O)c1cccc(Br)c1C. The van der Waals surface area contributed by atoms with Crippen LogP contribution in [-0.2, 0) is 9.47 Å². The summed E-state index contributed by atoms with van der Waals surface area (Å²) in [5.41, 5.74) is 1.55. The zero-order valence-corrected chi connectivity index (χ0v) is 12.6. The molecule has 100 valence electrons. The summed E-state index contributed by atoms with van der Waals surface area (Å²) in [4.78, 5) is 12.1. The van der Waals surface area contributed by atoms with E-state index in [0.717, 1.165) is 10.0 Å². The number of halogens is 1. The number of amides is 1. The Bertz CT molecular complexity index is 419. The average molecular weight is 316 g/mol. The Morgan fingerprint density at radius 3 is 2.50 bits per heavy atom. The van der Waals surface area contributed by atoms with E-state index in [-0.39, 0.29) is 11.9 Å². The first-order valence-corrected chi connectivity index (χ1v) is 6.42. The first kappa shape index (κ1) is 15.1. The molecule has 0 saturated heterocycles. The minimum Gasteiger partial charge on any atom is -0.354 e. The maximum Gasteiger partial charge on any atom is 0.251 e. The number of rotatable bonds is 5. The van der Waals surface area contributed by atoms with Gasteiger partial charge in [-0.25, -0.2) is 0 Å². The topological polar surface area (TPSA) is 47.6 Å². The molecule has 1 rings (SSSR count). The fraction of sp³-hybridized carbons (Fsp3) is 0.462. The van der Waals surface area contributed by atoms with Crippen LogP contribution in [0, 0.1) is 6.92 Å². The van der Waals surface area contributed by atoms with Gasteiger partial charge in [0.2, 0.25) is 0 Å². The van der Waals surface area contributed by atoms with Gasteiger partial charge in [-0.3, -0.25) is 4.79 Å². The molecule has 0 bridgehead atoms. The highest BCUT2D eigenvalue weighted by atomic mass is 79.9. The normalized spacial score (nSPS) is 12.6. The number of benzene rings is 1. The van der Waals surface area contributed by atoms with Crippen LogP contribution in [0.15, 0.2) is 22.7 Å². The molecule has 18 heavy (non-hydrogen) atoms. The van der Waals surface area contributed by atoms with E-state index in [9.17, 15) is 4.79 Å². The molecular formula is C13H18BrNO3. The highest BCUT2D eigenvalue weighted by Gasteiger charge is 2.19. The van der Waals surface area contributed by atoms with Crippen LogP contribution >= 0.6 is 15.9 Å². The highest BCUT2D eigenvalue weighted by molar-refractivity contribution is 9.10. The number of nitrogens with one attached hydrogen (secondary N) is 1. The molecule has 1 aromatic rings. The maximum atomic E-state index is 12.1. The number of methoxy groups -OCH3 is 2. The smallest absolute Gasteiger partial charge is 0.251 e. The van der Waals surface area contributed by atoms with E-state index in [1.54, 1.807) is 20.3 Å². The molecule has 0 spiro atoms. The van der Waals surface area contributed by atoms with Gasteiger partial charge in [0.1, 0.15) is 0 Å². The molecule has 4 nitrogen and oxygen atoms in total. The average Bonchev–Trinajstić information content (AvgIpc) is 2.34. The van der Waals surface area contributed by atoms with Gasteiger partial charge in [-0.2, -0.15) is 0 Å². The molecule has 0 saturated carbocycles. The molecule has 0 aromatic heterocycles. The van der Waals surface area contributed by atoms with Gasteiger partial charge < -0.3 is 14.8 Å². The van der Waals surface area contributed by atoms with Crippen molar-refractivity contribution in [3.8, 4) is 0 Å². The van der Waals surface area contributed by atoms with Gasteiger partial charge in [-0.15, -0.1) is 0 Å². The van der Waals surface area contributed by atoms with Gasteiger partial charge in [-0.05, 0) is 31.5 Å². The molecule has 0 aliphatic rings. The lowest BCUT2D eigenvalue weighted by Crippen LogP contribution is -2.43. The first-order chi connectivity index (χ1) is 8.51. The van der Waals surface area contributed by atoms with E-state index in [1.807, 2.05) is 26.0 Å². The predicted molar refractivity (Wildman–Crippen MR) is 73.6 cm³/mol. The lowest BCUT2D eigenvalue weighted by atomic mass is 10.1. The zero-order valence-electron chi connectivity index (χ0n) is 11.0.